The molecule has 1 N–H and O–H groups in total. The van der Waals surface area contributed by atoms with E-state index in [9.17, 15) is 18.0 Å². The number of benzene rings is 1. The number of hydrogen-bond donors (Lipinski definition) is 1. The molecule has 1 aromatic heterocycles. The van der Waals surface area contributed by atoms with Crippen LogP contribution >= 0.6 is 0 Å². The van der Waals surface area contributed by atoms with Crippen molar-refractivity contribution in [2.45, 2.75) is 63.3 Å². The third-order valence-corrected chi connectivity index (χ3v) is 7.90. The van der Waals surface area contributed by atoms with Crippen LogP contribution in [-0.4, -0.2) is 60.4 Å². The molecule has 182 valence electrons. The molecular formula is C23H34N4O5S. The summed E-state index contributed by atoms with van der Waals surface area (Å²) in [5, 5.41) is 2.75. The van der Waals surface area contributed by atoms with E-state index in [1.807, 2.05) is 25.5 Å². The Morgan fingerprint density at radius 3 is 2.52 bits per heavy atom. The van der Waals surface area contributed by atoms with Crippen LogP contribution < -0.4 is 5.32 Å². The second-order valence-corrected chi connectivity index (χ2v) is 10.9. The van der Waals surface area contributed by atoms with Gasteiger partial charge in [0.15, 0.2) is 0 Å². The molecule has 0 bridgehead atoms. The topological polar surface area (TPSA) is 111 Å². The molecule has 33 heavy (non-hydrogen) atoms. The highest BCUT2D eigenvalue weighted by Crippen LogP contribution is 2.25. The Hall–Kier alpha value is -2.46. The fraction of sp³-hybridized carbons (Fsp3) is 0.609. The minimum atomic E-state index is -3.54. The van der Waals surface area contributed by atoms with Gasteiger partial charge in [0.05, 0.1) is 23.0 Å². The number of methoxy groups -OCH3 is 1. The van der Waals surface area contributed by atoms with Crippen molar-refractivity contribution in [3.63, 3.8) is 0 Å². The minimum Gasteiger partial charge on any atom is -0.467 e. The van der Waals surface area contributed by atoms with Crippen LogP contribution in [-0.2, 0) is 37.8 Å². The van der Waals surface area contributed by atoms with Gasteiger partial charge in [-0.1, -0.05) is 20.3 Å². The minimum absolute atomic E-state index is 0.154. The van der Waals surface area contributed by atoms with Crippen LogP contribution in [0.3, 0.4) is 0 Å². The summed E-state index contributed by atoms with van der Waals surface area (Å²) in [6, 6.07) is 4.32. The third kappa shape index (κ3) is 5.92. The Morgan fingerprint density at radius 2 is 1.88 bits per heavy atom. The fourth-order valence-electron chi connectivity index (χ4n) is 4.19. The highest BCUT2D eigenvalue weighted by molar-refractivity contribution is 7.89. The van der Waals surface area contributed by atoms with Crippen LogP contribution in [0.25, 0.3) is 11.0 Å². The van der Waals surface area contributed by atoms with Crippen LogP contribution in [0, 0.1) is 5.92 Å². The van der Waals surface area contributed by atoms with Crippen molar-refractivity contribution in [3.8, 4) is 0 Å². The monoisotopic (exact) mass is 478 g/mol. The van der Waals surface area contributed by atoms with Crippen molar-refractivity contribution in [2.75, 3.05) is 20.2 Å². The zero-order valence-electron chi connectivity index (χ0n) is 19.8. The van der Waals surface area contributed by atoms with E-state index in [-0.39, 0.29) is 23.1 Å². The molecule has 1 aliphatic rings. The van der Waals surface area contributed by atoms with Gasteiger partial charge in [-0.2, -0.15) is 4.31 Å². The molecule has 0 radical (unpaired) electrons. The molecule has 1 fully saturated rings. The zero-order valence-corrected chi connectivity index (χ0v) is 20.7. The molecule has 0 aliphatic carbocycles. The van der Waals surface area contributed by atoms with E-state index in [4.69, 9.17) is 4.74 Å². The van der Waals surface area contributed by atoms with Crippen molar-refractivity contribution in [1.82, 2.24) is 19.2 Å². The van der Waals surface area contributed by atoms with Crippen molar-refractivity contribution >= 4 is 32.9 Å². The number of esters is 1. The lowest BCUT2D eigenvalue weighted by Gasteiger charge is -2.25. The lowest BCUT2D eigenvalue weighted by Crippen LogP contribution is -2.42. The number of nitrogens with zero attached hydrogens (tertiary/aromatic N) is 3. The summed E-state index contributed by atoms with van der Waals surface area (Å²) >= 11 is 0. The summed E-state index contributed by atoms with van der Waals surface area (Å²) in [5.41, 5.74) is 1.38. The first-order valence-electron chi connectivity index (χ1n) is 11.5. The lowest BCUT2D eigenvalue weighted by molar-refractivity contribution is -0.145. The Bertz CT molecular complexity index is 1100. The fourth-order valence-corrected chi connectivity index (χ4v) is 5.73. The summed E-state index contributed by atoms with van der Waals surface area (Å²) in [6.45, 7) is 5.04. The molecule has 9 nitrogen and oxygen atoms in total. The number of piperidine rings is 1. The van der Waals surface area contributed by atoms with Gasteiger partial charge in [0, 0.05) is 33.0 Å². The van der Waals surface area contributed by atoms with Gasteiger partial charge in [-0.15, -0.1) is 0 Å². The molecular weight excluding hydrogens is 444 g/mol. The van der Waals surface area contributed by atoms with Crippen molar-refractivity contribution < 1.29 is 22.7 Å². The van der Waals surface area contributed by atoms with E-state index >= 15 is 0 Å². The standard InChI is InChI=1S/C23H34N4O5S/c1-16(2)14-19(23(29)32-4)25-22(28)11-10-21-24-18-15-17(8-9-20(18)26(21)3)33(30,31)27-12-6-5-7-13-27/h8-9,15-16,19H,5-7,10-14H2,1-4H3,(H,25,28). The maximum Gasteiger partial charge on any atom is 0.328 e. The molecule has 1 atom stereocenters. The summed E-state index contributed by atoms with van der Waals surface area (Å²) in [4.78, 5) is 29.3. The van der Waals surface area contributed by atoms with Crippen LogP contribution in [0.4, 0.5) is 0 Å². The molecule has 2 aromatic rings. The van der Waals surface area contributed by atoms with Crippen LogP contribution in [0.1, 0.15) is 51.8 Å². The molecule has 2 heterocycles. The number of aromatic nitrogens is 2. The maximum atomic E-state index is 13.0. The van der Waals surface area contributed by atoms with E-state index < -0.39 is 22.0 Å². The predicted octanol–water partition coefficient (Wildman–Crippen LogP) is 2.38. The van der Waals surface area contributed by atoms with E-state index in [1.54, 1.807) is 22.5 Å². The number of sulfonamides is 1. The van der Waals surface area contributed by atoms with Gasteiger partial charge in [-0.05, 0) is 43.4 Å². The average molecular weight is 479 g/mol. The zero-order chi connectivity index (χ0) is 24.2. The van der Waals surface area contributed by atoms with Crippen LogP contribution in [0.5, 0.6) is 0 Å². The van der Waals surface area contributed by atoms with Crippen LogP contribution in [0.15, 0.2) is 23.1 Å². The molecule has 1 aromatic carbocycles. The van der Waals surface area contributed by atoms with Crippen molar-refractivity contribution in [2.24, 2.45) is 13.0 Å². The van der Waals surface area contributed by atoms with Gasteiger partial charge < -0.3 is 14.6 Å². The first-order chi connectivity index (χ1) is 15.6. The molecule has 0 spiro atoms. The Labute approximate surface area is 195 Å². The van der Waals surface area contributed by atoms with Crippen molar-refractivity contribution in [1.29, 1.82) is 0 Å². The number of aryl methyl sites for hydroxylation is 2. The average Bonchev–Trinajstić information content (AvgIpc) is 3.11. The quantitative estimate of drug-likeness (QED) is 0.554. The van der Waals surface area contributed by atoms with Crippen LogP contribution in [0.2, 0.25) is 0 Å². The Morgan fingerprint density at radius 1 is 1.18 bits per heavy atom. The highest BCUT2D eigenvalue weighted by atomic mass is 32.2. The first-order valence-corrected chi connectivity index (χ1v) is 12.9. The predicted molar refractivity (Wildman–Crippen MR) is 125 cm³/mol. The van der Waals surface area contributed by atoms with Gasteiger partial charge in [-0.3, -0.25) is 4.79 Å². The number of hydrogen-bond acceptors (Lipinski definition) is 6. The van der Waals surface area contributed by atoms with E-state index in [1.165, 1.54) is 7.11 Å². The summed E-state index contributed by atoms with van der Waals surface area (Å²) in [7, 11) is -0.390. The highest BCUT2D eigenvalue weighted by Gasteiger charge is 2.27. The number of amides is 1. The molecule has 1 amide bonds. The molecule has 3 rings (SSSR count). The number of fused-ring (bicyclic) bond motifs is 1. The summed E-state index contributed by atoms with van der Waals surface area (Å²) < 4.78 is 34.2. The number of nitrogens with one attached hydrogen (secondary N) is 1. The van der Waals surface area contributed by atoms with E-state index in [2.05, 4.69) is 10.3 Å². The van der Waals surface area contributed by atoms with Crippen molar-refractivity contribution in [3.05, 3.63) is 24.0 Å². The normalized spacial score (nSPS) is 16.2. The molecule has 0 saturated carbocycles. The molecule has 1 aliphatic heterocycles. The van der Waals surface area contributed by atoms with Gasteiger partial charge >= 0.3 is 5.97 Å². The second kappa shape index (κ2) is 10.6. The number of carbonyl (C=O) groups is 2. The molecule has 1 unspecified atom stereocenters. The summed E-state index contributed by atoms with van der Waals surface area (Å²) in [6.07, 6.45) is 3.83. The first kappa shape index (κ1) is 25.2. The third-order valence-electron chi connectivity index (χ3n) is 6.00. The second-order valence-electron chi connectivity index (χ2n) is 8.98. The van der Waals surface area contributed by atoms with Gasteiger partial charge in [-0.25, -0.2) is 18.2 Å². The summed E-state index contributed by atoms with van der Waals surface area (Å²) in [5.74, 6) is 0.185. The Kier molecular flexibility index (Phi) is 8.12. The SMILES string of the molecule is COC(=O)C(CC(C)C)NC(=O)CCc1nc2cc(S(=O)(=O)N3CCCCC3)ccc2n1C. The number of imidazole rings is 1. The van der Waals surface area contributed by atoms with Gasteiger partial charge in [0.1, 0.15) is 11.9 Å². The van der Waals surface area contributed by atoms with Gasteiger partial charge in [0.2, 0.25) is 15.9 Å². The number of ether oxygens (including phenoxy) is 1. The lowest BCUT2D eigenvalue weighted by atomic mass is 10.0. The molecule has 10 heteroatoms. The van der Waals surface area contributed by atoms with Gasteiger partial charge in [0.25, 0.3) is 0 Å². The smallest absolute Gasteiger partial charge is 0.328 e. The Balaban J connectivity index is 1.72. The molecule has 1 saturated heterocycles. The maximum absolute atomic E-state index is 13.0. The number of carbonyl (C=O) groups excluding carboxylic acids is 2. The number of rotatable bonds is 9. The van der Waals surface area contributed by atoms with E-state index in [0.29, 0.717) is 37.3 Å². The largest absolute Gasteiger partial charge is 0.467 e. The van der Waals surface area contributed by atoms with E-state index in [0.717, 1.165) is 24.8 Å².